The number of methoxy groups -OCH3 is 1. The quantitative estimate of drug-likeness (QED) is 0.647. The van der Waals surface area contributed by atoms with Crippen molar-refractivity contribution >= 4 is 17.1 Å². The number of benzene rings is 3. The third kappa shape index (κ3) is 2.54. The highest BCUT2D eigenvalue weighted by Gasteiger charge is 2.50. The van der Waals surface area contributed by atoms with E-state index in [1.54, 1.807) is 7.11 Å². The maximum absolute atomic E-state index is 12.9. The molecule has 0 spiro atoms. The zero-order valence-corrected chi connectivity index (χ0v) is 14.4. The highest BCUT2D eigenvalue weighted by molar-refractivity contribution is 6.28. The molecule has 0 saturated carbocycles. The molecule has 1 aliphatic rings. The molecule has 0 aromatic heterocycles. The van der Waals surface area contributed by atoms with E-state index in [-0.39, 0.29) is 5.97 Å². The standard InChI is InChI=1S/C23H18O3/c1-25-23(19-15-9-4-10-16-19)21(18-13-7-3-8-14-18)20(22(24)26-23)17-11-5-2-6-12-17/h2-16H,1H3. The highest BCUT2D eigenvalue weighted by atomic mass is 16.7. The number of esters is 1. The summed E-state index contributed by atoms with van der Waals surface area (Å²) in [5.74, 6) is -1.66. The van der Waals surface area contributed by atoms with E-state index in [1.165, 1.54) is 0 Å². The van der Waals surface area contributed by atoms with Crippen LogP contribution in [0.5, 0.6) is 0 Å². The Hall–Kier alpha value is -3.17. The predicted molar refractivity (Wildman–Crippen MR) is 101 cm³/mol. The van der Waals surface area contributed by atoms with Crippen molar-refractivity contribution in [2.75, 3.05) is 7.11 Å². The van der Waals surface area contributed by atoms with Gasteiger partial charge in [-0.1, -0.05) is 91.0 Å². The Labute approximate surface area is 152 Å². The lowest BCUT2D eigenvalue weighted by Gasteiger charge is -2.30. The van der Waals surface area contributed by atoms with E-state index in [2.05, 4.69) is 0 Å². The van der Waals surface area contributed by atoms with Gasteiger partial charge >= 0.3 is 5.97 Å². The van der Waals surface area contributed by atoms with Crippen LogP contribution in [0, 0.1) is 0 Å². The third-order valence-corrected chi connectivity index (χ3v) is 4.59. The van der Waals surface area contributed by atoms with Crippen molar-refractivity contribution in [3.8, 4) is 0 Å². The molecule has 0 N–H and O–H groups in total. The molecule has 4 rings (SSSR count). The van der Waals surface area contributed by atoms with Gasteiger partial charge in [-0.15, -0.1) is 0 Å². The fourth-order valence-corrected chi connectivity index (χ4v) is 3.43. The Balaban J connectivity index is 2.05. The van der Waals surface area contributed by atoms with Gasteiger partial charge in [-0.25, -0.2) is 4.79 Å². The lowest BCUT2D eigenvalue weighted by atomic mass is 9.87. The molecule has 0 fully saturated rings. The van der Waals surface area contributed by atoms with Crippen LogP contribution in [0.1, 0.15) is 16.7 Å². The summed E-state index contributed by atoms with van der Waals surface area (Å²) in [6, 6.07) is 28.9. The normalized spacial score (nSPS) is 19.5. The molecule has 1 atom stereocenters. The fraction of sp³-hybridized carbons (Fsp3) is 0.0870. The van der Waals surface area contributed by atoms with Crippen LogP contribution >= 0.6 is 0 Å². The smallest absolute Gasteiger partial charge is 0.342 e. The monoisotopic (exact) mass is 342 g/mol. The van der Waals surface area contributed by atoms with E-state index in [1.807, 2.05) is 91.0 Å². The molecule has 3 aromatic rings. The zero-order valence-electron chi connectivity index (χ0n) is 14.4. The number of ether oxygens (including phenoxy) is 2. The van der Waals surface area contributed by atoms with E-state index in [9.17, 15) is 4.79 Å². The Morgan fingerprint density at radius 3 is 1.77 bits per heavy atom. The van der Waals surface area contributed by atoms with Gasteiger partial charge < -0.3 is 9.47 Å². The fourth-order valence-electron chi connectivity index (χ4n) is 3.43. The van der Waals surface area contributed by atoms with Crippen LogP contribution in [0.4, 0.5) is 0 Å². The largest absolute Gasteiger partial charge is 0.420 e. The van der Waals surface area contributed by atoms with Crippen LogP contribution in [-0.4, -0.2) is 13.1 Å². The van der Waals surface area contributed by atoms with E-state index in [0.717, 1.165) is 22.3 Å². The summed E-state index contributed by atoms with van der Waals surface area (Å²) in [5, 5.41) is 0. The Kier molecular flexibility index (Phi) is 4.15. The molecule has 0 bridgehead atoms. The molecule has 3 aromatic carbocycles. The summed E-state index contributed by atoms with van der Waals surface area (Å²) in [6.07, 6.45) is 0. The van der Waals surface area contributed by atoms with Gasteiger partial charge in [0.25, 0.3) is 5.79 Å². The third-order valence-electron chi connectivity index (χ3n) is 4.59. The molecule has 1 unspecified atom stereocenters. The van der Waals surface area contributed by atoms with Crippen LogP contribution in [-0.2, 0) is 20.1 Å². The molecule has 1 heterocycles. The van der Waals surface area contributed by atoms with E-state index in [4.69, 9.17) is 9.47 Å². The maximum atomic E-state index is 12.9. The zero-order chi connectivity index (χ0) is 18.0. The first kappa shape index (κ1) is 16.3. The molecule has 3 heteroatoms. The molecule has 26 heavy (non-hydrogen) atoms. The second kappa shape index (κ2) is 6.62. The van der Waals surface area contributed by atoms with Gasteiger partial charge in [-0.3, -0.25) is 0 Å². The summed E-state index contributed by atoms with van der Waals surface area (Å²) in [6.45, 7) is 0. The second-order valence-electron chi connectivity index (χ2n) is 6.06. The minimum atomic E-state index is -1.27. The van der Waals surface area contributed by atoms with E-state index < -0.39 is 5.79 Å². The van der Waals surface area contributed by atoms with Crippen LogP contribution in [0.15, 0.2) is 91.0 Å². The van der Waals surface area contributed by atoms with Gasteiger partial charge in [0.2, 0.25) is 0 Å². The minimum Gasteiger partial charge on any atom is -0.420 e. The molecule has 0 saturated heterocycles. The molecule has 0 amide bonds. The first-order valence-corrected chi connectivity index (χ1v) is 8.46. The SMILES string of the molecule is COC1(c2ccccc2)OC(=O)C(c2ccccc2)=C1c1ccccc1. The van der Waals surface area contributed by atoms with Gasteiger partial charge in [-0.2, -0.15) is 0 Å². The summed E-state index contributed by atoms with van der Waals surface area (Å²) in [5.41, 5.74) is 3.74. The lowest BCUT2D eigenvalue weighted by molar-refractivity contribution is -0.188. The molecule has 1 aliphatic heterocycles. The number of carbonyl (C=O) groups is 1. The Bertz CT molecular complexity index is 947. The van der Waals surface area contributed by atoms with Crippen molar-refractivity contribution in [2.45, 2.75) is 5.79 Å². The average Bonchev–Trinajstić information content (AvgIpc) is 3.03. The molecule has 3 nitrogen and oxygen atoms in total. The van der Waals surface area contributed by atoms with Crippen LogP contribution in [0.2, 0.25) is 0 Å². The van der Waals surface area contributed by atoms with Gasteiger partial charge in [0.1, 0.15) is 0 Å². The number of hydrogen-bond donors (Lipinski definition) is 0. The number of rotatable bonds is 4. The summed E-state index contributed by atoms with van der Waals surface area (Å²) < 4.78 is 11.8. The summed E-state index contributed by atoms with van der Waals surface area (Å²) in [4.78, 5) is 12.9. The maximum Gasteiger partial charge on any atom is 0.342 e. The van der Waals surface area contributed by atoms with Crippen molar-refractivity contribution in [3.05, 3.63) is 108 Å². The Morgan fingerprint density at radius 2 is 1.23 bits per heavy atom. The van der Waals surface area contributed by atoms with Gasteiger partial charge in [0, 0.05) is 12.7 Å². The molecule has 128 valence electrons. The first-order valence-electron chi connectivity index (χ1n) is 8.46. The summed E-state index contributed by atoms with van der Waals surface area (Å²) in [7, 11) is 1.57. The van der Waals surface area contributed by atoms with Crippen LogP contribution in [0.3, 0.4) is 0 Å². The van der Waals surface area contributed by atoms with Crippen LogP contribution in [0.25, 0.3) is 11.1 Å². The van der Waals surface area contributed by atoms with Gasteiger partial charge in [-0.05, 0) is 11.1 Å². The molecule has 0 radical (unpaired) electrons. The Morgan fingerprint density at radius 1 is 0.731 bits per heavy atom. The van der Waals surface area contributed by atoms with Gasteiger partial charge in [0.15, 0.2) is 0 Å². The average molecular weight is 342 g/mol. The van der Waals surface area contributed by atoms with E-state index in [0.29, 0.717) is 5.57 Å². The van der Waals surface area contributed by atoms with Gasteiger partial charge in [0.05, 0.1) is 11.1 Å². The predicted octanol–water partition coefficient (Wildman–Crippen LogP) is 4.65. The van der Waals surface area contributed by atoms with Crippen molar-refractivity contribution in [1.29, 1.82) is 0 Å². The first-order chi connectivity index (χ1) is 12.8. The molecular weight excluding hydrogens is 324 g/mol. The van der Waals surface area contributed by atoms with E-state index >= 15 is 0 Å². The topological polar surface area (TPSA) is 35.5 Å². The number of carbonyl (C=O) groups excluding carboxylic acids is 1. The highest BCUT2D eigenvalue weighted by Crippen LogP contribution is 2.50. The molecule has 0 aliphatic carbocycles. The van der Waals surface area contributed by atoms with Crippen molar-refractivity contribution in [3.63, 3.8) is 0 Å². The number of hydrogen-bond acceptors (Lipinski definition) is 3. The van der Waals surface area contributed by atoms with Crippen molar-refractivity contribution in [1.82, 2.24) is 0 Å². The molecular formula is C23H18O3. The van der Waals surface area contributed by atoms with Crippen LogP contribution < -0.4 is 0 Å². The second-order valence-corrected chi connectivity index (χ2v) is 6.06. The lowest BCUT2D eigenvalue weighted by Crippen LogP contribution is -2.30. The van der Waals surface area contributed by atoms with Crippen molar-refractivity contribution in [2.24, 2.45) is 0 Å². The number of cyclic esters (lactones) is 1. The summed E-state index contributed by atoms with van der Waals surface area (Å²) >= 11 is 0. The minimum absolute atomic E-state index is 0.388. The van der Waals surface area contributed by atoms with Crippen molar-refractivity contribution < 1.29 is 14.3 Å².